The second kappa shape index (κ2) is 13.0. The molecule has 0 spiro atoms. The Balaban J connectivity index is 1.41. The van der Waals surface area contributed by atoms with Crippen molar-refractivity contribution in [1.29, 1.82) is 0 Å². The topological polar surface area (TPSA) is 116 Å². The normalized spacial score (nSPS) is 21.6. The van der Waals surface area contributed by atoms with Gasteiger partial charge in [0.2, 0.25) is 11.8 Å². The van der Waals surface area contributed by atoms with E-state index in [-0.39, 0.29) is 24.3 Å². The van der Waals surface area contributed by atoms with Crippen molar-refractivity contribution in [2.75, 3.05) is 50.8 Å². The van der Waals surface area contributed by atoms with Crippen molar-refractivity contribution >= 4 is 23.5 Å². The van der Waals surface area contributed by atoms with E-state index in [2.05, 4.69) is 17.9 Å². The first-order valence-corrected chi connectivity index (χ1v) is 15.0. The van der Waals surface area contributed by atoms with E-state index in [1.165, 1.54) is 0 Å². The Morgan fingerprint density at radius 3 is 2.71 bits per heavy atom. The highest BCUT2D eigenvalue weighted by atomic mass is 16.5. The number of nitrogens with two attached hydrogens (primary N) is 1. The van der Waals surface area contributed by atoms with E-state index in [0.717, 1.165) is 53.8 Å². The minimum atomic E-state index is -0.870. The zero-order valence-corrected chi connectivity index (χ0v) is 24.0. The maximum Gasteiger partial charge on any atom is 0.308 e. The lowest BCUT2D eigenvalue weighted by molar-refractivity contribution is -0.143. The molecule has 3 unspecified atom stereocenters. The molecular weight excluding hydrogens is 520 g/mol. The highest BCUT2D eigenvalue weighted by Crippen LogP contribution is 2.41. The Morgan fingerprint density at radius 2 is 1.93 bits per heavy atom. The summed E-state index contributed by atoms with van der Waals surface area (Å²) in [5.74, 6) is -0.950. The number of carboxylic acid groups (broad SMARTS) is 1. The molecule has 3 aliphatic heterocycles. The molecule has 0 aliphatic carbocycles. The van der Waals surface area contributed by atoms with Crippen LogP contribution in [0.2, 0.25) is 0 Å². The van der Waals surface area contributed by atoms with Crippen LogP contribution in [0.5, 0.6) is 5.75 Å². The van der Waals surface area contributed by atoms with Gasteiger partial charge in [0.1, 0.15) is 5.75 Å². The van der Waals surface area contributed by atoms with Gasteiger partial charge in [0, 0.05) is 50.2 Å². The van der Waals surface area contributed by atoms with Crippen molar-refractivity contribution in [2.45, 2.75) is 57.4 Å². The van der Waals surface area contributed by atoms with Gasteiger partial charge in [0.15, 0.2) is 0 Å². The van der Waals surface area contributed by atoms with Crippen molar-refractivity contribution in [3.05, 3.63) is 59.2 Å². The number of ether oxygens (including phenoxy) is 1. The summed E-state index contributed by atoms with van der Waals surface area (Å²) in [4.78, 5) is 45.1. The summed E-state index contributed by atoms with van der Waals surface area (Å²) in [6.07, 6.45) is 4.25. The van der Waals surface area contributed by atoms with Gasteiger partial charge in [-0.05, 0) is 54.6 Å². The summed E-state index contributed by atoms with van der Waals surface area (Å²) in [6, 6.07) is 13.4. The Hall–Kier alpha value is -3.43. The minimum absolute atomic E-state index is 0.00615. The number of anilines is 1. The van der Waals surface area contributed by atoms with Gasteiger partial charge in [0.25, 0.3) is 0 Å². The highest BCUT2D eigenvalue weighted by molar-refractivity contribution is 6.01. The van der Waals surface area contributed by atoms with Crippen molar-refractivity contribution in [3.63, 3.8) is 0 Å². The largest absolute Gasteiger partial charge is 0.493 e. The molecule has 2 amide bonds. The van der Waals surface area contributed by atoms with E-state index in [1.54, 1.807) is 4.90 Å². The number of carbonyl (C=O) groups excluding carboxylic acids is 2. The van der Waals surface area contributed by atoms with E-state index in [9.17, 15) is 19.5 Å². The molecule has 2 aromatic rings. The molecular formula is C32H42N4O5. The number of carboxylic acids is 1. The number of carbonyl (C=O) groups is 3. The number of aliphatic carboxylic acids is 1. The van der Waals surface area contributed by atoms with Gasteiger partial charge in [-0.1, -0.05) is 43.7 Å². The molecule has 41 heavy (non-hydrogen) atoms. The SMILES string of the molecule is CCCCN(CCCN)C(=O)CN1CC(c2ccc3c(c2)CCO3)C(C(=O)O)C1CCN1C(=O)Cc2ccccc21. The third-order valence-corrected chi connectivity index (χ3v) is 8.85. The molecule has 3 aliphatic rings. The Bertz CT molecular complexity index is 1260. The number of unbranched alkanes of at least 4 members (excludes halogenated alkanes) is 1. The van der Waals surface area contributed by atoms with Gasteiger partial charge in [-0.15, -0.1) is 0 Å². The molecule has 5 rings (SSSR count). The van der Waals surface area contributed by atoms with Crippen LogP contribution in [-0.2, 0) is 27.2 Å². The molecule has 2 aromatic carbocycles. The maximum absolute atomic E-state index is 13.6. The van der Waals surface area contributed by atoms with Gasteiger partial charge in [0.05, 0.1) is 25.5 Å². The number of rotatable bonds is 13. The zero-order chi connectivity index (χ0) is 28.9. The molecule has 220 valence electrons. The van der Waals surface area contributed by atoms with Crippen LogP contribution >= 0.6 is 0 Å². The quantitative estimate of drug-likeness (QED) is 0.386. The molecule has 0 radical (unpaired) electrons. The number of nitrogens with zero attached hydrogens (tertiary/aromatic N) is 3. The van der Waals surface area contributed by atoms with Gasteiger partial charge < -0.3 is 25.4 Å². The highest BCUT2D eigenvalue weighted by Gasteiger charge is 2.47. The monoisotopic (exact) mass is 562 g/mol. The average Bonchev–Trinajstić information content (AvgIpc) is 3.66. The van der Waals surface area contributed by atoms with Crippen molar-refractivity contribution in [2.24, 2.45) is 11.7 Å². The minimum Gasteiger partial charge on any atom is -0.493 e. The molecule has 0 saturated carbocycles. The van der Waals surface area contributed by atoms with E-state index < -0.39 is 17.9 Å². The number of hydrogen-bond acceptors (Lipinski definition) is 6. The number of likely N-dealkylation sites (tertiary alicyclic amines) is 1. The molecule has 9 heteroatoms. The van der Waals surface area contributed by atoms with Crippen LogP contribution in [0.1, 0.15) is 55.2 Å². The molecule has 0 aromatic heterocycles. The number of hydrogen-bond donors (Lipinski definition) is 2. The van der Waals surface area contributed by atoms with E-state index >= 15 is 0 Å². The average molecular weight is 563 g/mol. The van der Waals surface area contributed by atoms with Crippen LogP contribution in [0.3, 0.4) is 0 Å². The smallest absolute Gasteiger partial charge is 0.308 e. The molecule has 9 nitrogen and oxygen atoms in total. The number of para-hydroxylation sites is 1. The summed E-state index contributed by atoms with van der Waals surface area (Å²) >= 11 is 0. The molecule has 3 N–H and O–H groups in total. The van der Waals surface area contributed by atoms with Crippen LogP contribution in [0.4, 0.5) is 5.69 Å². The fraction of sp³-hybridized carbons (Fsp3) is 0.531. The summed E-state index contributed by atoms with van der Waals surface area (Å²) in [5.41, 5.74) is 9.71. The van der Waals surface area contributed by atoms with Gasteiger partial charge >= 0.3 is 5.97 Å². The van der Waals surface area contributed by atoms with Crippen LogP contribution in [-0.4, -0.2) is 84.6 Å². The van der Waals surface area contributed by atoms with E-state index in [1.807, 2.05) is 41.3 Å². The second-order valence-corrected chi connectivity index (χ2v) is 11.4. The fourth-order valence-electron chi connectivity index (χ4n) is 6.72. The van der Waals surface area contributed by atoms with Crippen LogP contribution in [0.25, 0.3) is 0 Å². The second-order valence-electron chi connectivity index (χ2n) is 11.4. The Labute approximate surface area is 242 Å². The Kier molecular flexibility index (Phi) is 9.25. The standard InChI is InChI=1S/C32H42N4O5/c1-2-3-14-34(15-6-13-33)30(38)21-35-20-25(22-9-10-28-24(18-22)12-17-41-28)31(32(39)40)27(35)11-16-36-26-8-5-4-7-23(26)19-29(36)37/h4-5,7-10,18,25,27,31H,2-3,6,11-17,19-21,33H2,1H3,(H,39,40). The maximum atomic E-state index is 13.6. The van der Waals surface area contributed by atoms with Crippen molar-refractivity contribution in [3.8, 4) is 5.75 Å². The predicted octanol–water partition coefficient (Wildman–Crippen LogP) is 3.05. The predicted molar refractivity (Wildman–Crippen MR) is 157 cm³/mol. The first-order valence-electron chi connectivity index (χ1n) is 15.0. The number of benzene rings is 2. The van der Waals surface area contributed by atoms with Gasteiger partial charge in [-0.3, -0.25) is 19.3 Å². The van der Waals surface area contributed by atoms with Gasteiger partial charge in [-0.25, -0.2) is 0 Å². The summed E-state index contributed by atoms with van der Waals surface area (Å²) in [5, 5.41) is 10.6. The Morgan fingerprint density at radius 1 is 1.12 bits per heavy atom. The first-order chi connectivity index (χ1) is 19.9. The summed E-state index contributed by atoms with van der Waals surface area (Å²) in [6.45, 7) is 5.55. The lowest BCUT2D eigenvalue weighted by atomic mass is 9.83. The van der Waals surface area contributed by atoms with Crippen LogP contribution < -0.4 is 15.4 Å². The molecule has 1 fully saturated rings. The summed E-state index contributed by atoms with van der Waals surface area (Å²) < 4.78 is 5.69. The molecule has 3 atom stereocenters. The van der Waals surface area contributed by atoms with E-state index in [4.69, 9.17) is 10.5 Å². The zero-order valence-electron chi connectivity index (χ0n) is 24.0. The van der Waals surface area contributed by atoms with Crippen molar-refractivity contribution in [1.82, 2.24) is 9.80 Å². The molecule has 1 saturated heterocycles. The summed E-state index contributed by atoms with van der Waals surface area (Å²) in [7, 11) is 0. The number of fused-ring (bicyclic) bond motifs is 2. The molecule has 3 heterocycles. The van der Waals surface area contributed by atoms with Gasteiger partial charge in [-0.2, -0.15) is 0 Å². The third kappa shape index (κ3) is 6.26. The van der Waals surface area contributed by atoms with Crippen molar-refractivity contribution < 1.29 is 24.2 Å². The fourth-order valence-corrected chi connectivity index (χ4v) is 6.72. The number of amides is 2. The third-order valence-electron chi connectivity index (χ3n) is 8.85. The van der Waals surface area contributed by atoms with Crippen LogP contribution in [0.15, 0.2) is 42.5 Å². The van der Waals surface area contributed by atoms with E-state index in [0.29, 0.717) is 52.2 Å². The van der Waals surface area contributed by atoms with Crippen LogP contribution in [0, 0.1) is 5.92 Å². The molecule has 0 bridgehead atoms. The first kappa shape index (κ1) is 29.1. The lowest BCUT2D eigenvalue weighted by Crippen LogP contribution is -2.46. The lowest BCUT2D eigenvalue weighted by Gasteiger charge is -2.31.